The highest BCUT2D eigenvalue weighted by atomic mass is 32.2. The van der Waals surface area contributed by atoms with Crippen molar-refractivity contribution in [3.05, 3.63) is 71.8 Å². The molecule has 0 fully saturated rings. The fraction of sp³-hybridized carbons (Fsp3) is 0.400. The smallest absolute Gasteiger partial charge is 0.0701 e. The number of rotatable bonds is 10. The van der Waals surface area contributed by atoms with Gasteiger partial charge in [0.2, 0.25) is 0 Å². The number of hydrogen-bond acceptors (Lipinski definition) is 3. The average Bonchev–Trinajstić information content (AvgIpc) is 2.61. The van der Waals surface area contributed by atoms with Gasteiger partial charge in [0.1, 0.15) is 0 Å². The first-order valence-corrected chi connectivity index (χ1v) is 9.18. The Kier molecular flexibility index (Phi) is 8.23. The number of thioether (sulfide) groups is 1. The van der Waals surface area contributed by atoms with Crippen molar-refractivity contribution in [3.8, 4) is 0 Å². The molecule has 2 unspecified atom stereocenters. The topological polar surface area (TPSA) is 18.5 Å². The Morgan fingerprint density at radius 1 is 0.696 bits per heavy atom. The molecule has 0 saturated carbocycles. The van der Waals surface area contributed by atoms with Crippen LogP contribution in [0, 0.1) is 0 Å². The normalized spacial score (nSPS) is 13.7. The average molecular weight is 330 g/mol. The number of hydrogen-bond donors (Lipinski definition) is 0. The molecule has 0 heterocycles. The van der Waals surface area contributed by atoms with Gasteiger partial charge in [0.15, 0.2) is 0 Å². The van der Waals surface area contributed by atoms with Crippen molar-refractivity contribution in [2.24, 2.45) is 0 Å². The van der Waals surface area contributed by atoms with Gasteiger partial charge in [-0.15, -0.1) is 0 Å². The number of ether oxygens (including phenoxy) is 2. The lowest BCUT2D eigenvalue weighted by atomic mass is 10.1. The van der Waals surface area contributed by atoms with E-state index in [4.69, 9.17) is 9.47 Å². The van der Waals surface area contributed by atoms with E-state index in [0.717, 1.165) is 24.3 Å². The zero-order valence-electron chi connectivity index (χ0n) is 14.0. The Labute approximate surface area is 144 Å². The molecule has 0 aromatic heterocycles. The van der Waals surface area contributed by atoms with Gasteiger partial charge in [-0.3, -0.25) is 0 Å². The van der Waals surface area contributed by atoms with E-state index in [1.165, 1.54) is 11.1 Å². The first kappa shape index (κ1) is 18.1. The van der Waals surface area contributed by atoms with E-state index >= 15 is 0 Å². The summed E-state index contributed by atoms with van der Waals surface area (Å²) in [4.78, 5) is 0. The van der Waals surface area contributed by atoms with Crippen LogP contribution in [-0.4, -0.2) is 37.9 Å². The quantitative estimate of drug-likeness (QED) is 0.649. The van der Waals surface area contributed by atoms with Crippen LogP contribution in [0.25, 0.3) is 0 Å². The molecule has 2 nitrogen and oxygen atoms in total. The standard InChI is InChI=1S/C20H26O2S/c1-21-19(13-17-9-5-3-6-10-17)15-23-16-20(22-2)14-18-11-7-4-8-12-18/h3-12,19-20H,13-16H2,1-2H3. The van der Waals surface area contributed by atoms with Crippen LogP contribution in [0.5, 0.6) is 0 Å². The van der Waals surface area contributed by atoms with Crippen molar-refractivity contribution in [1.82, 2.24) is 0 Å². The van der Waals surface area contributed by atoms with Crippen molar-refractivity contribution >= 4 is 11.8 Å². The Bertz CT molecular complexity index is 480. The van der Waals surface area contributed by atoms with Gasteiger partial charge in [-0.2, -0.15) is 11.8 Å². The third kappa shape index (κ3) is 6.78. The summed E-state index contributed by atoms with van der Waals surface area (Å²) in [6.07, 6.45) is 2.41. The maximum Gasteiger partial charge on any atom is 0.0701 e. The molecule has 0 saturated heterocycles. The number of methoxy groups -OCH3 is 2. The van der Waals surface area contributed by atoms with Crippen LogP contribution in [-0.2, 0) is 22.3 Å². The zero-order chi connectivity index (χ0) is 16.3. The molecule has 0 N–H and O–H groups in total. The van der Waals surface area contributed by atoms with Crippen LogP contribution < -0.4 is 0 Å². The molecular weight excluding hydrogens is 304 g/mol. The summed E-state index contributed by atoms with van der Waals surface area (Å²) >= 11 is 1.91. The summed E-state index contributed by atoms with van der Waals surface area (Å²) in [6.45, 7) is 0. The molecule has 3 heteroatoms. The molecule has 2 aromatic rings. The minimum absolute atomic E-state index is 0.247. The second-order valence-electron chi connectivity index (χ2n) is 5.63. The van der Waals surface area contributed by atoms with Gasteiger partial charge in [-0.1, -0.05) is 60.7 Å². The second-order valence-corrected chi connectivity index (χ2v) is 6.71. The van der Waals surface area contributed by atoms with E-state index in [9.17, 15) is 0 Å². The highest BCUT2D eigenvalue weighted by Gasteiger charge is 2.12. The van der Waals surface area contributed by atoms with Crippen LogP contribution in [0.2, 0.25) is 0 Å². The fourth-order valence-electron chi connectivity index (χ4n) is 2.51. The SMILES string of the molecule is COC(CSCC(Cc1ccccc1)OC)Cc1ccccc1. The zero-order valence-corrected chi connectivity index (χ0v) is 14.8. The van der Waals surface area contributed by atoms with Crippen LogP contribution in [0.3, 0.4) is 0 Å². The highest BCUT2D eigenvalue weighted by molar-refractivity contribution is 7.99. The van der Waals surface area contributed by atoms with E-state index in [0.29, 0.717) is 0 Å². The predicted molar refractivity (Wildman–Crippen MR) is 99.2 cm³/mol. The van der Waals surface area contributed by atoms with Gasteiger partial charge in [0, 0.05) is 25.7 Å². The predicted octanol–water partition coefficient (Wildman–Crippen LogP) is 4.24. The Balaban J connectivity index is 1.75. The first-order chi connectivity index (χ1) is 11.3. The Morgan fingerprint density at radius 3 is 1.43 bits per heavy atom. The highest BCUT2D eigenvalue weighted by Crippen LogP contribution is 2.15. The van der Waals surface area contributed by atoms with E-state index in [-0.39, 0.29) is 12.2 Å². The lowest BCUT2D eigenvalue weighted by molar-refractivity contribution is 0.118. The maximum atomic E-state index is 5.63. The molecule has 0 aliphatic carbocycles. The van der Waals surface area contributed by atoms with Crippen molar-refractivity contribution in [2.75, 3.05) is 25.7 Å². The molecule has 0 aliphatic rings. The monoisotopic (exact) mass is 330 g/mol. The minimum atomic E-state index is 0.247. The van der Waals surface area contributed by atoms with Gasteiger partial charge < -0.3 is 9.47 Å². The summed E-state index contributed by atoms with van der Waals surface area (Å²) in [5.74, 6) is 1.97. The largest absolute Gasteiger partial charge is 0.380 e. The lowest BCUT2D eigenvalue weighted by Gasteiger charge is -2.18. The molecular formula is C20H26O2S. The summed E-state index contributed by atoms with van der Waals surface area (Å²) < 4.78 is 11.3. The summed E-state index contributed by atoms with van der Waals surface area (Å²) in [5.41, 5.74) is 2.65. The Morgan fingerprint density at radius 2 is 1.09 bits per heavy atom. The molecule has 124 valence electrons. The van der Waals surface area contributed by atoms with E-state index in [1.54, 1.807) is 14.2 Å². The summed E-state index contributed by atoms with van der Waals surface area (Å²) in [5, 5.41) is 0. The van der Waals surface area contributed by atoms with Gasteiger partial charge >= 0.3 is 0 Å². The van der Waals surface area contributed by atoms with Crippen LogP contribution >= 0.6 is 11.8 Å². The van der Waals surface area contributed by atoms with E-state index < -0.39 is 0 Å². The third-order valence-electron chi connectivity index (χ3n) is 3.89. The van der Waals surface area contributed by atoms with Gasteiger partial charge in [0.25, 0.3) is 0 Å². The van der Waals surface area contributed by atoms with E-state index in [2.05, 4.69) is 48.5 Å². The molecule has 2 atom stereocenters. The number of benzene rings is 2. The van der Waals surface area contributed by atoms with Gasteiger partial charge in [-0.05, 0) is 24.0 Å². The molecule has 2 rings (SSSR count). The minimum Gasteiger partial charge on any atom is -0.380 e. The molecule has 23 heavy (non-hydrogen) atoms. The van der Waals surface area contributed by atoms with Crippen molar-refractivity contribution in [3.63, 3.8) is 0 Å². The van der Waals surface area contributed by atoms with E-state index in [1.807, 2.05) is 23.9 Å². The molecule has 0 bridgehead atoms. The molecule has 0 amide bonds. The second kappa shape index (κ2) is 10.5. The van der Waals surface area contributed by atoms with Gasteiger partial charge in [-0.25, -0.2) is 0 Å². The maximum absolute atomic E-state index is 5.63. The molecule has 0 spiro atoms. The lowest BCUT2D eigenvalue weighted by Crippen LogP contribution is -2.21. The summed E-state index contributed by atoms with van der Waals surface area (Å²) in [7, 11) is 3.60. The molecule has 0 aliphatic heterocycles. The first-order valence-electron chi connectivity index (χ1n) is 8.03. The van der Waals surface area contributed by atoms with Crippen LogP contribution in [0.4, 0.5) is 0 Å². The van der Waals surface area contributed by atoms with Crippen molar-refractivity contribution in [2.45, 2.75) is 25.0 Å². The van der Waals surface area contributed by atoms with Crippen LogP contribution in [0.15, 0.2) is 60.7 Å². The summed E-state index contributed by atoms with van der Waals surface area (Å²) in [6, 6.07) is 21.0. The fourth-order valence-corrected chi connectivity index (χ4v) is 3.68. The van der Waals surface area contributed by atoms with Crippen molar-refractivity contribution < 1.29 is 9.47 Å². The van der Waals surface area contributed by atoms with Gasteiger partial charge in [0.05, 0.1) is 12.2 Å². The van der Waals surface area contributed by atoms with Crippen molar-refractivity contribution in [1.29, 1.82) is 0 Å². The third-order valence-corrected chi connectivity index (χ3v) is 5.10. The van der Waals surface area contributed by atoms with Crippen LogP contribution in [0.1, 0.15) is 11.1 Å². The molecule has 2 aromatic carbocycles. The molecule has 0 radical (unpaired) electrons. The Hall–Kier alpha value is -1.29.